The third-order valence-electron chi connectivity index (χ3n) is 8.08. The van der Waals surface area contributed by atoms with E-state index in [2.05, 4.69) is 39.1 Å². The summed E-state index contributed by atoms with van der Waals surface area (Å²) in [4.78, 5) is 16.5. The fourth-order valence-electron chi connectivity index (χ4n) is 5.99. The number of imidazole rings is 1. The second-order valence-corrected chi connectivity index (χ2v) is 10.4. The first-order valence-corrected chi connectivity index (χ1v) is 12.9. The Kier molecular flexibility index (Phi) is 5.22. The van der Waals surface area contributed by atoms with E-state index in [1.165, 1.54) is 12.5 Å². The van der Waals surface area contributed by atoms with Crippen LogP contribution < -0.4 is 4.90 Å². The van der Waals surface area contributed by atoms with E-state index in [1.54, 1.807) is 12.1 Å². The van der Waals surface area contributed by atoms with E-state index < -0.39 is 0 Å². The molecular weight excluding hydrogens is 465 g/mol. The van der Waals surface area contributed by atoms with Crippen molar-refractivity contribution in [3.05, 3.63) is 78.6 Å². The molecule has 1 aromatic carbocycles. The molecule has 2 aliphatic heterocycles. The SMILES string of the molecule is Cc1cc(-c2cnc3cc(-c4ccc(N5CCC6(CCOCC6)C5)nc4)ccn23)c2cc(F)ccc2n1. The first-order valence-electron chi connectivity index (χ1n) is 12.9. The van der Waals surface area contributed by atoms with Gasteiger partial charge in [-0.25, -0.2) is 14.4 Å². The average Bonchev–Trinajstić information content (AvgIpc) is 3.53. The largest absolute Gasteiger partial charge is 0.381 e. The molecule has 0 atom stereocenters. The zero-order valence-electron chi connectivity index (χ0n) is 20.8. The van der Waals surface area contributed by atoms with E-state index >= 15 is 0 Å². The summed E-state index contributed by atoms with van der Waals surface area (Å²) in [5, 5.41) is 0.778. The maximum atomic E-state index is 14.1. The number of ether oxygens (including phenoxy) is 1. The van der Waals surface area contributed by atoms with Crippen LogP contribution in [-0.2, 0) is 4.74 Å². The Morgan fingerprint density at radius 2 is 1.81 bits per heavy atom. The topological polar surface area (TPSA) is 55.5 Å². The molecule has 0 radical (unpaired) electrons. The lowest BCUT2D eigenvalue weighted by Crippen LogP contribution is -2.33. The van der Waals surface area contributed by atoms with Crippen LogP contribution in [0.15, 0.2) is 67.1 Å². The van der Waals surface area contributed by atoms with Gasteiger partial charge in [-0.3, -0.25) is 9.38 Å². The minimum absolute atomic E-state index is 0.275. The highest BCUT2D eigenvalue weighted by Crippen LogP contribution is 2.41. The summed E-state index contributed by atoms with van der Waals surface area (Å²) in [5.41, 5.74) is 6.83. The highest BCUT2D eigenvalue weighted by Gasteiger charge is 2.39. The van der Waals surface area contributed by atoms with Crippen molar-refractivity contribution in [3.63, 3.8) is 0 Å². The number of aromatic nitrogens is 4. The van der Waals surface area contributed by atoms with Gasteiger partial charge in [0.15, 0.2) is 0 Å². The van der Waals surface area contributed by atoms with Crippen LogP contribution in [0.3, 0.4) is 0 Å². The molecule has 0 N–H and O–H groups in total. The smallest absolute Gasteiger partial charge is 0.137 e. The molecule has 2 fully saturated rings. The number of pyridine rings is 3. The van der Waals surface area contributed by atoms with Gasteiger partial charge in [-0.05, 0) is 85.7 Å². The Bertz CT molecular complexity index is 1620. The zero-order valence-corrected chi connectivity index (χ0v) is 20.8. The highest BCUT2D eigenvalue weighted by atomic mass is 19.1. The van der Waals surface area contributed by atoms with Crippen molar-refractivity contribution < 1.29 is 9.13 Å². The van der Waals surface area contributed by atoms with E-state index in [1.807, 2.05) is 36.0 Å². The van der Waals surface area contributed by atoms with Crippen LogP contribution in [0.2, 0.25) is 0 Å². The molecule has 6 nitrogen and oxygen atoms in total. The summed E-state index contributed by atoms with van der Waals surface area (Å²) in [6.07, 6.45) is 9.35. The molecule has 6 heterocycles. The third kappa shape index (κ3) is 3.94. The fourth-order valence-corrected chi connectivity index (χ4v) is 5.99. The third-order valence-corrected chi connectivity index (χ3v) is 8.08. The normalized spacial score (nSPS) is 17.3. The molecule has 0 aliphatic carbocycles. The van der Waals surface area contributed by atoms with Crippen LogP contribution in [0.1, 0.15) is 25.0 Å². The van der Waals surface area contributed by atoms with Crippen molar-refractivity contribution in [1.82, 2.24) is 19.4 Å². The number of benzene rings is 1. The molecule has 0 saturated carbocycles. The van der Waals surface area contributed by atoms with Crippen LogP contribution in [-0.4, -0.2) is 45.7 Å². The summed E-state index contributed by atoms with van der Waals surface area (Å²) in [6, 6.07) is 15.1. The van der Waals surface area contributed by atoms with Crippen LogP contribution >= 0.6 is 0 Å². The Labute approximate surface area is 214 Å². The Morgan fingerprint density at radius 1 is 0.919 bits per heavy atom. The summed E-state index contributed by atoms with van der Waals surface area (Å²) >= 11 is 0. The maximum Gasteiger partial charge on any atom is 0.137 e. The average molecular weight is 494 g/mol. The van der Waals surface area contributed by atoms with Crippen LogP contribution in [0.4, 0.5) is 10.2 Å². The number of halogens is 1. The van der Waals surface area contributed by atoms with Gasteiger partial charge in [-0.1, -0.05) is 0 Å². The molecule has 4 aromatic heterocycles. The van der Waals surface area contributed by atoms with Crippen molar-refractivity contribution in [2.75, 3.05) is 31.2 Å². The molecule has 186 valence electrons. The van der Waals surface area contributed by atoms with Gasteiger partial charge in [0.1, 0.15) is 17.3 Å². The number of aryl methyl sites for hydroxylation is 1. The Balaban J connectivity index is 1.18. The van der Waals surface area contributed by atoms with Gasteiger partial charge < -0.3 is 9.64 Å². The van der Waals surface area contributed by atoms with E-state index in [-0.39, 0.29) is 5.82 Å². The fraction of sp³-hybridized carbons (Fsp3) is 0.300. The minimum atomic E-state index is -0.275. The maximum absolute atomic E-state index is 14.1. The van der Waals surface area contributed by atoms with Crippen LogP contribution in [0.5, 0.6) is 0 Å². The number of hydrogen-bond acceptors (Lipinski definition) is 5. The molecule has 1 spiro atoms. The number of nitrogens with zero attached hydrogens (tertiary/aromatic N) is 5. The molecule has 0 bridgehead atoms. The molecule has 37 heavy (non-hydrogen) atoms. The predicted octanol–water partition coefficient (Wildman–Crippen LogP) is 6.07. The molecule has 0 amide bonds. The predicted molar refractivity (Wildman–Crippen MR) is 143 cm³/mol. The van der Waals surface area contributed by atoms with Gasteiger partial charge in [0.25, 0.3) is 0 Å². The van der Waals surface area contributed by atoms with E-state index in [0.717, 1.165) is 89.6 Å². The molecule has 7 heteroatoms. The summed E-state index contributed by atoms with van der Waals surface area (Å²) in [6.45, 7) is 5.84. The number of hydrogen-bond donors (Lipinski definition) is 0. The Hall–Kier alpha value is -3.84. The van der Waals surface area contributed by atoms with Gasteiger partial charge in [0.05, 0.1) is 17.4 Å². The quantitative estimate of drug-likeness (QED) is 0.306. The van der Waals surface area contributed by atoms with Crippen molar-refractivity contribution in [3.8, 4) is 22.4 Å². The molecule has 7 rings (SSSR count). The minimum Gasteiger partial charge on any atom is -0.381 e. The van der Waals surface area contributed by atoms with Gasteiger partial charge in [0.2, 0.25) is 0 Å². The number of anilines is 1. The summed E-state index contributed by atoms with van der Waals surface area (Å²) < 4.78 is 21.7. The molecule has 2 saturated heterocycles. The highest BCUT2D eigenvalue weighted by molar-refractivity contribution is 5.94. The second-order valence-electron chi connectivity index (χ2n) is 10.4. The van der Waals surface area contributed by atoms with Gasteiger partial charge in [0, 0.05) is 60.9 Å². The van der Waals surface area contributed by atoms with Crippen molar-refractivity contribution >= 4 is 22.4 Å². The monoisotopic (exact) mass is 493 g/mol. The van der Waals surface area contributed by atoms with Crippen molar-refractivity contribution in [2.45, 2.75) is 26.2 Å². The molecule has 2 aliphatic rings. The Morgan fingerprint density at radius 3 is 2.65 bits per heavy atom. The van der Waals surface area contributed by atoms with Crippen molar-refractivity contribution in [1.29, 1.82) is 0 Å². The van der Waals surface area contributed by atoms with Crippen LogP contribution in [0, 0.1) is 18.2 Å². The lowest BCUT2D eigenvalue weighted by molar-refractivity contribution is 0.0254. The summed E-state index contributed by atoms with van der Waals surface area (Å²) in [5.74, 6) is 0.770. The second kappa shape index (κ2) is 8.63. The van der Waals surface area contributed by atoms with Gasteiger partial charge >= 0.3 is 0 Å². The number of fused-ring (bicyclic) bond motifs is 2. The van der Waals surface area contributed by atoms with E-state index in [9.17, 15) is 4.39 Å². The van der Waals surface area contributed by atoms with Gasteiger partial charge in [-0.15, -0.1) is 0 Å². The zero-order chi connectivity index (χ0) is 25.0. The molecule has 0 unspecified atom stereocenters. The van der Waals surface area contributed by atoms with Crippen LogP contribution in [0.25, 0.3) is 38.9 Å². The molecular formula is C30H28FN5O. The molecule has 5 aromatic rings. The summed E-state index contributed by atoms with van der Waals surface area (Å²) in [7, 11) is 0. The first-order chi connectivity index (χ1) is 18.1. The first kappa shape index (κ1) is 22.4. The lowest BCUT2D eigenvalue weighted by atomic mass is 9.80. The van der Waals surface area contributed by atoms with E-state index in [0.29, 0.717) is 5.41 Å². The lowest BCUT2D eigenvalue weighted by Gasteiger charge is -2.33. The standard InChI is InChI=1S/C30H28FN5O/c1-20-14-25(24-16-23(31)3-4-26(24)34-20)27-18-33-29-15-21(6-10-36(27)29)22-2-5-28(32-17-22)35-11-7-30(19-35)8-12-37-13-9-30/h2-6,10,14-18H,7-9,11-13,19H2,1H3. The number of rotatable bonds is 3. The van der Waals surface area contributed by atoms with Crippen molar-refractivity contribution in [2.24, 2.45) is 5.41 Å². The van der Waals surface area contributed by atoms with Gasteiger partial charge in [-0.2, -0.15) is 0 Å². The van der Waals surface area contributed by atoms with E-state index in [4.69, 9.17) is 9.72 Å².